The minimum atomic E-state index is -0.483. The van der Waals surface area contributed by atoms with Gasteiger partial charge in [-0.1, -0.05) is 0 Å². The van der Waals surface area contributed by atoms with Gasteiger partial charge in [0.1, 0.15) is 0 Å². The molecule has 5 nitrogen and oxygen atoms in total. The fraction of sp³-hybridized carbons (Fsp3) is 0.500. The largest absolute Gasteiger partial charge is 0.494 e. The maximum atomic E-state index is 13.6. The van der Waals surface area contributed by atoms with Crippen LogP contribution >= 0.6 is 12.4 Å². The number of nitrogens with zero attached hydrogens (tertiary/aromatic N) is 1. The van der Waals surface area contributed by atoms with Crippen LogP contribution in [0.15, 0.2) is 18.2 Å². The molecule has 1 amide bonds. The second kappa shape index (κ2) is 8.17. The smallest absolute Gasteiger partial charge is 0.228 e. The van der Waals surface area contributed by atoms with Crippen LogP contribution in [0.25, 0.3) is 0 Å². The Bertz CT molecular complexity index is 481. The van der Waals surface area contributed by atoms with Gasteiger partial charge >= 0.3 is 0 Å². The molecule has 1 aliphatic rings. The summed E-state index contributed by atoms with van der Waals surface area (Å²) in [6.07, 6.45) is 0.324. The van der Waals surface area contributed by atoms with Gasteiger partial charge < -0.3 is 19.7 Å². The molecule has 7 heteroatoms. The van der Waals surface area contributed by atoms with Gasteiger partial charge in [-0.2, -0.15) is 0 Å². The number of hydrogen-bond acceptors (Lipinski definition) is 4. The lowest BCUT2D eigenvalue weighted by atomic mass is 10.1. The molecule has 1 N–H and O–H groups in total. The summed E-state index contributed by atoms with van der Waals surface area (Å²) < 4.78 is 23.8. The molecule has 0 saturated carbocycles. The summed E-state index contributed by atoms with van der Waals surface area (Å²) >= 11 is 0. The first-order valence-electron chi connectivity index (χ1n) is 6.53. The molecule has 1 fully saturated rings. The van der Waals surface area contributed by atoms with Crippen LogP contribution < -0.4 is 15.0 Å². The molecule has 0 spiro atoms. The lowest BCUT2D eigenvalue weighted by molar-refractivity contribution is -0.119. The minimum absolute atomic E-state index is 0. The Kier molecular flexibility index (Phi) is 6.87. The number of amides is 1. The van der Waals surface area contributed by atoms with Crippen LogP contribution in [-0.4, -0.2) is 45.9 Å². The number of morpholine rings is 1. The molecule has 1 aromatic carbocycles. The number of carbonyl (C=O) groups is 1. The number of anilines is 1. The van der Waals surface area contributed by atoms with Crippen molar-refractivity contribution in [3.05, 3.63) is 24.0 Å². The van der Waals surface area contributed by atoms with E-state index in [0.717, 1.165) is 6.54 Å². The summed E-state index contributed by atoms with van der Waals surface area (Å²) in [4.78, 5) is 13.6. The monoisotopic (exact) mass is 318 g/mol. The van der Waals surface area contributed by atoms with Crippen molar-refractivity contribution in [1.82, 2.24) is 5.32 Å². The Morgan fingerprint density at radius 2 is 2.33 bits per heavy atom. The standard InChI is InChI=1S/C14H19FN2O3.ClH/c1-17(11-3-4-13(19-2)12(15)8-11)14(18)7-10-9-20-6-5-16-10;/h3-4,8,10,16H,5-7,9H2,1-2H3;1H. The molecule has 2 rings (SSSR count). The highest BCUT2D eigenvalue weighted by atomic mass is 35.5. The predicted molar refractivity (Wildman–Crippen MR) is 80.8 cm³/mol. The summed E-state index contributed by atoms with van der Waals surface area (Å²) in [6.45, 7) is 1.94. The van der Waals surface area contributed by atoms with Crippen molar-refractivity contribution in [2.45, 2.75) is 12.5 Å². The minimum Gasteiger partial charge on any atom is -0.494 e. The van der Waals surface area contributed by atoms with Gasteiger partial charge in [-0.15, -0.1) is 12.4 Å². The fourth-order valence-corrected chi connectivity index (χ4v) is 2.11. The highest BCUT2D eigenvalue weighted by molar-refractivity contribution is 5.93. The van der Waals surface area contributed by atoms with Gasteiger partial charge in [-0.25, -0.2) is 4.39 Å². The van der Waals surface area contributed by atoms with E-state index in [1.807, 2.05) is 0 Å². The van der Waals surface area contributed by atoms with Gasteiger partial charge in [0.2, 0.25) is 5.91 Å². The fourth-order valence-electron chi connectivity index (χ4n) is 2.11. The molecule has 0 aliphatic carbocycles. The van der Waals surface area contributed by atoms with Gasteiger partial charge in [-0.05, 0) is 12.1 Å². The van der Waals surface area contributed by atoms with E-state index in [4.69, 9.17) is 9.47 Å². The lowest BCUT2D eigenvalue weighted by Gasteiger charge is -2.25. The van der Waals surface area contributed by atoms with Gasteiger partial charge in [0.25, 0.3) is 0 Å². The molecule has 1 heterocycles. The van der Waals surface area contributed by atoms with Crippen molar-refractivity contribution < 1.29 is 18.7 Å². The zero-order chi connectivity index (χ0) is 14.5. The Morgan fingerprint density at radius 3 is 2.90 bits per heavy atom. The van der Waals surface area contributed by atoms with Crippen LogP contribution in [0.1, 0.15) is 6.42 Å². The summed E-state index contributed by atoms with van der Waals surface area (Å²) in [5.74, 6) is -0.404. The third-order valence-corrected chi connectivity index (χ3v) is 3.32. The van der Waals surface area contributed by atoms with Crippen molar-refractivity contribution in [2.24, 2.45) is 0 Å². The molecule has 21 heavy (non-hydrogen) atoms. The van der Waals surface area contributed by atoms with Crippen molar-refractivity contribution in [3.63, 3.8) is 0 Å². The number of rotatable bonds is 4. The molecule has 0 bridgehead atoms. The van der Waals surface area contributed by atoms with E-state index >= 15 is 0 Å². The van der Waals surface area contributed by atoms with Crippen LogP contribution in [0.3, 0.4) is 0 Å². The average molecular weight is 319 g/mol. The van der Waals surface area contributed by atoms with E-state index in [2.05, 4.69) is 5.32 Å². The molecule has 1 unspecified atom stereocenters. The number of ether oxygens (including phenoxy) is 2. The topological polar surface area (TPSA) is 50.8 Å². The number of carbonyl (C=O) groups excluding carboxylic acids is 1. The first-order valence-corrected chi connectivity index (χ1v) is 6.53. The molecule has 1 atom stereocenters. The molecular weight excluding hydrogens is 299 g/mol. The number of hydrogen-bond donors (Lipinski definition) is 1. The number of benzene rings is 1. The van der Waals surface area contributed by atoms with Gasteiger partial charge in [0.15, 0.2) is 11.6 Å². The second-order valence-electron chi connectivity index (χ2n) is 4.70. The Morgan fingerprint density at radius 1 is 1.57 bits per heavy atom. The zero-order valence-electron chi connectivity index (χ0n) is 12.1. The van der Waals surface area contributed by atoms with E-state index in [1.54, 1.807) is 13.1 Å². The van der Waals surface area contributed by atoms with E-state index < -0.39 is 5.82 Å². The molecule has 0 radical (unpaired) electrons. The summed E-state index contributed by atoms with van der Waals surface area (Å²) in [5.41, 5.74) is 0.505. The van der Waals surface area contributed by atoms with Gasteiger partial charge in [-0.3, -0.25) is 4.79 Å². The quantitative estimate of drug-likeness (QED) is 0.916. The van der Waals surface area contributed by atoms with E-state index in [9.17, 15) is 9.18 Å². The van der Waals surface area contributed by atoms with Gasteiger partial charge in [0, 0.05) is 37.8 Å². The number of methoxy groups -OCH3 is 1. The maximum absolute atomic E-state index is 13.6. The van der Waals surface area contributed by atoms with E-state index in [1.165, 1.54) is 24.1 Å². The summed E-state index contributed by atoms with van der Waals surface area (Å²) in [6, 6.07) is 4.48. The lowest BCUT2D eigenvalue weighted by Crippen LogP contribution is -2.44. The van der Waals surface area contributed by atoms with Crippen molar-refractivity contribution in [1.29, 1.82) is 0 Å². The van der Waals surface area contributed by atoms with Crippen LogP contribution in [0.2, 0.25) is 0 Å². The Balaban J connectivity index is 0.00000220. The van der Waals surface area contributed by atoms with E-state index in [-0.39, 0.29) is 30.1 Å². The molecule has 1 aliphatic heterocycles. The highest BCUT2D eigenvalue weighted by Gasteiger charge is 2.20. The zero-order valence-corrected chi connectivity index (χ0v) is 12.9. The summed E-state index contributed by atoms with van der Waals surface area (Å²) in [5, 5.41) is 3.22. The molecule has 118 valence electrons. The van der Waals surface area contributed by atoms with Crippen molar-refractivity contribution >= 4 is 24.0 Å². The summed E-state index contributed by atoms with van der Waals surface area (Å²) in [7, 11) is 3.04. The average Bonchev–Trinajstić information content (AvgIpc) is 2.47. The van der Waals surface area contributed by atoms with Crippen LogP contribution in [-0.2, 0) is 9.53 Å². The van der Waals surface area contributed by atoms with Crippen molar-refractivity contribution in [3.8, 4) is 5.75 Å². The van der Waals surface area contributed by atoms with Crippen LogP contribution in [0, 0.1) is 5.82 Å². The highest BCUT2D eigenvalue weighted by Crippen LogP contribution is 2.23. The normalized spacial score (nSPS) is 17.8. The second-order valence-corrected chi connectivity index (χ2v) is 4.70. The predicted octanol–water partition coefficient (Wildman–Crippen LogP) is 1.60. The molecule has 1 saturated heterocycles. The van der Waals surface area contributed by atoms with Crippen LogP contribution in [0.5, 0.6) is 5.75 Å². The molecular formula is C14H20ClFN2O3. The van der Waals surface area contributed by atoms with Crippen LogP contribution in [0.4, 0.5) is 10.1 Å². The van der Waals surface area contributed by atoms with Gasteiger partial charge in [0.05, 0.1) is 20.3 Å². The SMILES string of the molecule is COc1ccc(N(C)C(=O)CC2COCCN2)cc1F.Cl. The first kappa shape index (κ1) is 17.7. The Labute approximate surface area is 129 Å². The maximum Gasteiger partial charge on any atom is 0.228 e. The Hall–Kier alpha value is -1.37. The molecule has 1 aromatic rings. The molecule has 0 aromatic heterocycles. The third kappa shape index (κ3) is 4.56. The van der Waals surface area contributed by atoms with E-state index in [0.29, 0.717) is 25.3 Å². The van der Waals surface area contributed by atoms with Crippen molar-refractivity contribution in [2.75, 3.05) is 38.8 Å². The third-order valence-electron chi connectivity index (χ3n) is 3.32. The number of nitrogens with one attached hydrogen (secondary N) is 1. The number of halogens is 2. The first-order chi connectivity index (χ1) is 9.61.